The van der Waals surface area contributed by atoms with Gasteiger partial charge in [0, 0.05) is 12.6 Å². The van der Waals surface area contributed by atoms with Gasteiger partial charge in [-0.1, -0.05) is 103 Å². The molecule has 0 atom stereocenters. The van der Waals surface area contributed by atoms with E-state index in [1.807, 2.05) is 24.4 Å². The molecule has 0 saturated heterocycles. The minimum atomic E-state index is 1.01. The molecule has 0 spiro atoms. The van der Waals surface area contributed by atoms with Gasteiger partial charge in [0.2, 0.25) is 0 Å². The molecule has 0 fully saturated rings. The van der Waals surface area contributed by atoms with Crippen molar-refractivity contribution in [3.8, 4) is 0 Å². The monoisotopic (exact) mass is 411 g/mol. The maximum Gasteiger partial charge on any atom is 0.0661 e. The van der Waals surface area contributed by atoms with Crippen LogP contribution < -0.4 is 0 Å². The molecule has 5 aromatic carbocycles. The smallest absolute Gasteiger partial charge is 0.0661 e. The number of allylic oxidation sites excluding steroid dienone is 1. The molecule has 32 heavy (non-hydrogen) atoms. The van der Waals surface area contributed by atoms with E-state index in [9.17, 15) is 0 Å². The van der Waals surface area contributed by atoms with E-state index in [0.29, 0.717) is 0 Å². The van der Waals surface area contributed by atoms with Crippen LogP contribution in [0.15, 0.2) is 120 Å². The molecular weight excluding hydrogens is 386 g/mol. The van der Waals surface area contributed by atoms with Crippen LogP contribution in [0.4, 0.5) is 5.69 Å². The lowest BCUT2D eigenvalue weighted by atomic mass is 10.0. The number of aliphatic imine (C=N–C) groups is 1. The number of para-hydroxylation sites is 1. The zero-order chi connectivity index (χ0) is 21.6. The van der Waals surface area contributed by atoms with Gasteiger partial charge in [-0.3, -0.25) is 4.99 Å². The lowest BCUT2D eigenvalue weighted by Crippen LogP contribution is -1.76. The first-order chi connectivity index (χ1) is 15.9. The number of rotatable bonds is 0. The van der Waals surface area contributed by atoms with Gasteiger partial charge in [0.15, 0.2) is 0 Å². The van der Waals surface area contributed by atoms with Crippen LogP contribution in [-0.2, 0) is 12.8 Å². The summed E-state index contributed by atoms with van der Waals surface area (Å²) in [6.07, 6.45) is 8.46. The molecule has 1 nitrogen and oxygen atoms in total. The summed E-state index contributed by atoms with van der Waals surface area (Å²) >= 11 is 0. The van der Waals surface area contributed by atoms with E-state index in [2.05, 4.69) is 108 Å². The van der Waals surface area contributed by atoms with Crippen molar-refractivity contribution in [1.82, 2.24) is 0 Å². The van der Waals surface area contributed by atoms with Crippen LogP contribution in [0.25, 0.3) is 27.6 Å². The molecule has 7 rings (SSSR count). The van der Waals surface area contributed by atoms with E-state index < -0.39 is 0 Å². The molecule has 0 N–H and O–H groups in total. The molecule has 0 radical (unpaired) electrons. The molecular formula is C31H25N. The van der Waals surface area contributed by atoms with E-state index in [0.717, 1.165) is 18.5 Å². The lowest BCUT2D eigenvalue weighted by Gasteiger charge is -2.00. The topological polar surface area (TPSA) is 12.4 Å². The number of benzene rings is 5. The van der Waals surface area contributed by atoms with Crippen molar-refractivity contribution >= 4 is 39.5 Å². The van der Waals surface area contributed by atoms with Gasteiger partial charge in [-0.2, -0.15) is 0 Å². The van der Waals surface area contributed by atoms with Gasteiger partial charge < -0.3 is 0 Å². The van der Waals surface area contributed by atoms with E-state index in [-0.39, 0.29) is 0 Å². The van der Waals surface area contributed by atoms with Crippen molar-refractivity contribution < 1.29 is 0 Å². The summed E-state index contributed by atoms with van der Waals surface area (Å²) in [4.78, 5) is 4.17. The van der Waals surface area contributed by atoms with Gasteiger partial charge in [0.25, 0.3) is 0 Å². The van der Waals surface area contributed by atoms with Gasteiger partial charge in [-0.15, -0.1) is 0 Å². The molecule has 1 heteroatoms. The van der Waals surface area contributed by atoms with Crippen LogP contribution in [0, 0.1) is 0 Å². The van der Waals surface area contributed by atoms with Crippen molar-refractivity contribution in [3.05, 3.63) is 132 Å². The third-order valence-electron chi connectivity index (χ3n) is 5.84. The van der Waals surface area contributed by atoms with Crippen molar-refractivity contribution in [2.24, 2.45) is 4.99 Å². The van der Waals surface area contributed by atoms with Crippen LogP contribution >= 0.6 is 0 Å². The van der Waals surface area contributed by atoms with E-state index in [1.165, 1.54) is 38.2 Å². The van der Waals surface area contributed by atoms with Crippen molar-refractivity contribution in [2.45, 2.75) is 12.8 Å². The predicted octanol–water partition coefficient (Wildman–Crippen LogP) is 8.19. The molecule has 0 bridgehead atoms. The molecule has 2 aliphatic rings. The first-order valence-electron chi connectivity index (χ1n) is 11.1. The van der Waals surface area contributed by atoms with Crippen molar-refractivity contribution in [3.63, 3.8) is 0 Å². The third-order valence-corrected chi connectivity index (χ3v) is 5.84. The highest BCUT2D eigenvalue weighted by atomic mass is 14.7. The number of hydrogen-bond donors (Lipinski definition) is 0. The number of hydrogen-bond acceptors (Lipinski definition) is 1. The zero-order valence-corrected chi connectivity index (χ0v) is 18.0. The highest BCUT2D eigenvalue weighted by molar-refractivity contribution is 5.98. The fraction of sp³-hybridized carbons (Fsp3) is 0.0645. The zero-order valence-electron chi connectivity index (χ0n) is 18.0. The second-order valence-corrected chi connectivity index (χ2v) is 8.00. The van der Waals surface area contributed by atoms with Crippen LogP contribution in [0.1, 0.15) is 16.7 Å². The quantitative estimate of drug-likeness (QED) is 0.228. The minimum absolute atomic E-state index is 1.01. The molecule has 0 saturated carbocycles. The summed E-state index contributed by atoms with van der Waals surface area (Å²) in [6, 6.07) is 38.1. The van der Waals surface area contributed by atoms with Gasteiger partial charge in [-0.05, 0) is 62.9 Å². The molecule has 0 aromatic heterocycles. The molecule has 5 aromatic rings. The second-order valence-electron chi connectivity index (χ2n) is 8.00. The normalized spacial score (nSPS) is 12.5. The molecule has 0 unspecified atom stereocenters. The average Bonchev–Trinajstić information content (AvgIpc) is 3.53. The van der Waals surface area contributed by atoms with Gasteiger partial charge in [-0.25, -0.2) is 0 Å². The van der Waals surface area contributed by atoms with Crippen LogP contribution in [0.3, 0.4) is 0 Å². The number of nitrogens with zero attached hydrogens (tertiary/aromatic N) is 1. The molecule has 1 aliphatic carbocycles. The van der Waals surface area contributed by atoms with Gasteiger partial charge in [0.05, 0.1) is 5.69 Å². The molecule has 1 aliphatic heterocycles. The Hall–Kier alpha value is -3.97. The summed E-state index contributed by atoms with van der Waals surface area (Å²) in [5.74, 6) is 0. The van der Waals surface area contributed by atoms with Crippen LogP contribution in [0.5, 0.6) is 0 Å². The average molecular weight is 412 g/mol. The summed E-state index contributed by atoms with van der Waals surface area (Å²) in [5, 5.41) is 5.25. The van der Waals surface area contributed by atoms with Crippen molar-refractivity contribution in [1.29, 1.82) is 0 Å². The lowest BCUT2D eigenvalue weighted by molar-refractivity contribution is 1.31. The summed E-state index contributed by atoms with van der Waals surface area (Å²) in [7, 11) is 0. The fourth-order valence-electron chi connectivity index (χ4n) is 4.13. The maximum absolute atomic E-state index is 4.17. The van der Waals surface area contributed by atoms with E-state index in [4.69, 9.17) is 0 Å². The maximum atomic E-state index is 4.17. The minimum Gasteiger partial charge on any atom is -0.261 e. The number of fused-ring (bicyclic) bond motifs is 4. The van der Waals surface area contributed by atoms with E-state index >= 15 is 0 Å². The van der Waals surface area contributed by atoms with Gasteiger partial charge in [0.1, 0.15) is 0 Å². The Bertz CT molecular complexity index is 1260. The highest BCUT2D eigenvalue weighted by Crippen LogP contribution is 2.23. The molecule has 0 amide bonds. The predicted molar refractivity (Wildman–Crippen MR) is 139 cm³/mol. The highest BCUT2D eigenvalue weighted by Gasteiger charge is 2.02. The molecule has 154 valence electrons. The van der Waals surface area contributed by atoms with Crippen molar-refractivity contribution in [2.75, 3.05) is 0 Å². The summed E-state index contributed by atoms with van der Waals surface area (Å²) in [5.41, 5.74) is 5.32. The first kappa shape index (κ1) is 20.0. The first-order valence-corrected chi connectivity index (χ1v) is 11.1. The Labute approximate surface area is 189 Å². The Morgan fingerprint density at radius 3 is 1.62 bits per heavy atom. The standard InChI is InChI=1S/C14H10.C9H8.C8H7N/c1-2-6-12-10-14-8-4-3-7-13(14)9-11(12)5-1;1-2-5-9-7-3-6-8(9)4-1;1-2-4-8-7(3-1)5-6-9-8/h1-10H;1-6H,7H2;1-4,6H,5H2. The Morgan fingerprint density at radius 1 is 0.500 bits per heavy atom. The van der Waals surface area contributed by atoms with E-state index in [1.54, 1.807) is 0 Å². The van der Waals surface area contributed by atoms with Gasteiger partial charge >= 0.3 is 0 Å². The third kappa shape index (κ3) is 4.53. The SMILES string of the molecule is C1=Cc2ccccc2C1.C1=Nc2ccccc2C1.c1ccc2cc3ccccc3cc2c1. The Balaban J connectivity index is 0.000000106. The summed E-state index contributed by atoms with van der Waals surface area (Å²) < 4.78 is 0. The fourth-order valence-corrected chi connectivity index (χ4v) is 4.13. The second kappa shape index (κ2) is 9.45. The Kier molecular flexibility index (Phi) is 5.89. The van der Waals surface area contributed by atoms with Crippen LogP contribution in [0.2, 0.25) is 0 Å². The summed E-state index contributed by atoms with van der Waals surface area (Å²) in [6.45, 7) is 0. The molecule has 1 heterocycles. The largest absolute Gasteiger partial charge is 0.261 e. The Morgan fingerprint density at radius 2 is 1.03 bits per heavy atom. The van der Waals surface area contributed by atoms with Crippen LogP contribution in [-0.4, -0.2) is 6.21 Å².